The Bertz CT molecular complexity index is 689. The van der Waals surface area contributed by atoms with Crippen LogP contribution < -0.4 is 0 Å². The third-order valence-electron chi connectivity index (χ3n) is 8.65. The van der Waals surface area contributed by atoms with Gasteiger partial charge in [0, 0.05) is 36.0 Å². The van der Waals surface area contributed by atoms with E-state index in [2.05, 4.69) is 13.8 Å². The van der Waals surface area contributed by atoms with Crippen molar-refractivity contribution >= 4 is 23.5 Å². The second-order valence-electron chi connectivity index (χ2n) is 9.62. The van der Waals surface area contributed by atoms with Gasteiger partial charge in [0.2, 0.25) is 5.91 Å². The number of carboxylic acid groups (broad SMARTS) is 1. The fourth-order valence-corrected chi connectivity index (χ4v) is 7.86. The van der Waals surface area contributed by atoms with Crippen LogP contribution in [0.2, 0.25) is 0 Å². The molecule has 3 unspecified atom stereocenters. The van der Waals surface area contributed by atoms with Crippen molar-refractivity contribution in [1.29, 1.82) is 0 Å². The number of carboxylic acids is 1. The molecule has 0 aromatic heterocycles. The summed E-state index contributed by atoms with van der Waals surface area (Å²) in [7, 11) is 1.88. The van der Waals surface area contributed by atoms with E-state index in [9.17, 15) is 14.7 Å². The molecular formula is C21H30ClNO3. The maximum Gasteiger partial charge on any atom is 0.303 e. The molecule has 0 spiro atoms. The lowest BCUT2D eigenvalue weighted by Gasteiger charge is -2.59. The summed E-state index contributed by atoms with van der Waals surface area (Å²) in [4.78, 5) is 25.4. The van der Waals surface area contributed by atoms with Gasteiger partial charge >= 0.3 is 5.97 Å². The first-order valence-electron chi connectivity index (χ1n) is 10.1. The minimum atomic E-state index is -0.665. The number of hydrogen-bond acceptors (Lipinski definition) is 2. The number of allylic oxidation sites excluding steroid dienone is 2. The molecule has 5 heteroatoms. The maximum absolute atomic E-state index is 12.3. The summed E-state index contributed by atoms with van der Waals surface area (Å²) in [6.07, 6.45) is 7.04. The van der Waals surface area contributed by atoms with Gasteiger partial charge in [0.25, 0.3) is 0 Å². The van der Waals surface area contributed by atoms with E-state index in [1.165, 1.54) is 0 Å². The number of halogens is 1. The lowest BCUT2D eigenvalue weighted by molar-refractivity contribution is -0.140. The van der Waals surface area contributed by atoms with Crippen molar-refractivity contribution in [2.75, 3.05) is 7.05 Å². The fourth-order valence-electron chi connectivity index (χ4n) is 7.34. The molecule has 144 valence electrons. The minimum absolute atomic E-state index is 0.0190. The highest BCUT2D eigenvalue weighted by Crippen LogP contribution is 2.67. The quantitative estimate of drug-likeness (QED) is 0.760. The van der Waals surface area contributed by atoms with Crippen molar-refractivity contribution in [3.05, 3.63) is 10.7 Å². The van der Waals surface area contributed by atoms with E-state index >= 15 is 0 Å². The van der Waals surface area contributed by atoms with Crippen LogP contribution in [-0.4, -0.2) is 28.9 Å². The van der Waals surface area contributed by atoms with Gasteiger partial charge in [-0.15, -0.1) is 0 Å². The summed E-state index contributed by atoms with van der Waals surface area (Å²) in [5.74, 6) is 1.44. The van der Waals surface area contributed by atoms with E-state index in [0.717, 1.165) is 49.3 Å². The van der Waals surface area contributed by atoms with Gasteiger partial charge in [-0.1, -0.05) is 25.4 Å². The highest BCUT2D eigenvalue weighted by atomic mass is 35.5. The van der Waals surface area contributed by atoms with E-state index in [1.54, 1.807) is 0 Å². The molecule has 0 aromatic carbocycles. The Hall–Kier alpha value is -1.03. The van der Waals surface area contributed by atoms with E-state index in [-0.39, 0.29) is 16.7 Å². The van der Waals surface area contributed by atoms with Gasteiger partial charge in [-0.3, -0.25) is 9.59 Å². The maximum atomic E-state index is 12.3. The molecule has 1 heterocycles. The molecule has 0 bridgehead atoms. The third kappa shape index (κ3) is 2.40. The van der Waals surface area contributed by atoms with Crippen molar-refractivity contribution in [3.8, 4) is 0 Å². The van der Waals surface area contributed by atoms with Gasteiger partial charge in [0.05, 0.1) is 0 Å². The molecule has 3 fully saturated rings. The van der Waals surface area contributed by atoms with Gasteiger partial charge in [0.15, 0.2) is 0 Å². The molecule has 1 N–H and O–H groups in total. The monoisotopic (exact) mass is 379 g/mol. The fraction of sp³-hybridized carbons (Fsp3) is 0.810. The van der Waals surface area contributed by atoms with E-state index in [1.807, 2.05) is 11.9 Å². The molecule has 2 saturated carbocycles. The molecule has 0 radical (unpaired) electrons. The number of aliphatic carboxylic acids is 1. The molecule has 1 aliphatic heterocycles. The first-order valence-corrected chi connectivity index (χ1v) is 10.4. The molecular weight excluding hydrogens is 350 g/mol. The van der Waals surface area contributed by atoms with Crippen LogP contribution in [0.3, 0.4) is 0 Å². The topological polar surface area (TPSA) is 57.6 Å². The lowest BCUT2D eigenvalue weighted by Crippen LogP contribution is -2.54. The second kappa shape index (κ2) is 5.98. The zero-order chi connectivity index (χ0) is 18.9. The number of likely N-dealkylation sites (tertiary alicyclic amines) is 1. The zero-order valence-corrected chi connectivity index (χ0v) is 16.8. The number of carbonyl (C=O) groups is 2. The van der Waals surface area contributed by atoms with Gasteiger partial charge in [-0.25, -0.2) is 0 Å². The summed E-state index contributed by atoms with van der Waals surface area (Å²) in [6, 6.07) is 0. The molecule has 26 heavy (non-hydrogen) atoms. The summed E-state index contributed by atoms with van der Waals surface area (Å²) < 4.78 is 0. The average molecular weight is 380 g/mol. The van der Waals surface area contributed by atoms with Crippen LogP contribution in [0.25, 0.3) is 0 Å². The van der Waals surface area contributed by atoms with Gasteiger partial charge < -0.3 is 10.0 Å². The molecule has 3 aliphatic carbocycles. The van der Waals surface area contributed by atoms with E-state index in [0.29, 0.717) is 36.5 Å². The Balaban J connectivity index is 1.69. The van der Waals surface area contributed by atoms with Gasteiger partial charge in [-0.2, -0.15) is 0 Å². The SMILES string of the molecule is CN1C(=O)CC[C@@]2(C)C1=C(Cl)CC1C2CC[C@@]2(C)C1CC[C@@H]2CC(=O)O. The van der Waals surface area contributed by atoms with E-state index in [4.69, 9.17) is 11.6 Å². The third-order valence-corrected chi connectivity index (χ3v) is 8.99. The predicted molar refractivity (Wildman–Crippen MR) is 100 cm³/mol. The molecule has 4 nitrogen and oxygen atoms in total. The summed E-state index contributed by atoms with van der Waals surface area (Å²) in [5.41, 5.74) is 1.18. The largest absolute Gasteiger partial charge is 0.481 e. The Morgan fingerprint density at radius 2 is 1.96 bits per heavy atom. The van der Waals surface area contributed by atoms with Crippen LogP contribution in [0.4, 0.5) is 0 Å². The standard InChI is InChI=1S/C21H30ClNO3/c1-20-8-6-15-13(14(20)5-4-12(20)10-18(25)26)11-16(22)19-21(15,2)9-7-17(24)23(19)3/h12-15H,4-11H2,1-3H3,(H,25,26)/t12-,13?,14?,15?,20-,21-/m1/s1. The normalized spacial score (nSPS) is 45.2. The van der Waals surface area contributed by atoms with Gasteiger partial charge in [-0.05, 0) is 67.6 Å². The number of carbonyl (C=O) groups excluding carboxylic acids is 1. The highest BCUT2D eigenvalue weighted by Gasteiger charge is 2.60. The number of piperidine rings is 1. The number of nitrogens with zero attached hydrogens (tertiary/aromatic N) is 1. The Morgan fingerprint density at radius 1 is 1.23 bits per heavy atom. The molecule has 4 aliphatic rings. The Morgan fingerprint density at radius 3 is 2.65 bits per heavy atom. The smallest absolute Gasteiger partial charge is 0.303 e. The zero-order valence-electron chi connectivity index (χ0n) is 16.1. The summed E-state index contributed by atoms with van der Waals surface area (Å²) in [6.45, 7) is 4.65. The average Bonchev–Trinajstić information content (AvgIpc) is 2.88. The highest BCUT2D eigenvalue weighted by molar-refractivity contribution is 6.30. The molecule has 4 rings (SSSR count). The summed E-state index contributed by atoms with van der Waals surface area (Å²) >= 11 is 6.81. The van der Waals surface area contributed by atoms with Crippen LogP contribution in [0.5, 0.6) is 0 Å². The molecule has 6 atom stereocenters. The number of hydrogen-bond donors (Lipinski definition) is 1. The first-order chi connectivity index (χ1) is 12.2. The van der Waals surface area contributed by atoms with Crippen LogP contribution in [0, 0.1) is 34.5 Å². The predicted octanol–water partition coefficient (Wildman–Crippen LogP) is 4.63. The van der Waals surface area contributed by atoms with Crippen molar-refractivity contribution in [2.45, 2.75) is 65.2 Å². The van der Waals surface area contributed by atoms with Gasteiger partial charge in [0.1, 0.15) is 0 Å². The van der Waals surface area contributed by atoms with Crippen LogP contribution in [0.1, 0.15) is 65.2 Å². The second-order valence-corrected chi connectivity index (χ2v) is 10.1. The van der Waals surface area contributed by atoms with Crippen molar-refractivity contribution in [3.63, 3.8) is 0 Å². The number of rotatable bonds is 2. The Labute approximate surface area is 161 Å². The van der Waals surface area contributed by atoms with Crippen LogP contribution >= 0.6 is 11.6 Å². The first kappa shape index (κ1) is 18.3. The molecule has 1 amide bonds. The lowest BCUT2D eigenvalue weighted by atomic mass is 9.49. The minimum Gasteiger partial charge on any atom is -0.481 e. The van der Waals surface area contributed by atoms with E-state index < -0.39 is 5.97 Å². The molecule has 0 aromatic rings. The molecule has 1 saturated heterocycles. The van der Waals surface area contributed by atoms with Crippen molar-refractivity contribution in [1.82, 2.24) is 4.90 Å². The van der Waals surface area contributed by atoms with Crippen molar-refractivity contribution < 1.29 is 14.7 Å². The van der Waals surface area contributed by atoms with Crippen LogP contribution in [-0.2, 0) is 9.59 Å². The van der Waals surface area contributed by atoms with Crippen molar-refractivity contribution in [2.24, 2.45) is 34.5 Å². The summed E-state index contributed by atoms with van der Waals surface area (Å²) in [5, 5.41) is 10.2. The Kier molecular flexibility index (Phi) is 4.22. The number of fused-ring (bicyclic) bond motifs is 5. The van der Waals surface area contributed by atoms with Crippen LogP contribution in [0.15, 0.2) is 10.7 Å². The number of amides is 1.